The Morgan fingerprint density at radius 2 is 1.83 bits per heavy atom. The zero-order chi connectivity index (χ0) is 16.5. The van der Waals surface area contributed by atoms with Crippen LogP contribution < -0.4 is 10.6 Å². The zero-order valence-corrected chi connectivity index (χ0v) is 13.8. The van der Waals surface area contributed by atoms with Gasteiger partial charge in [-0.15, -0.1) is 0 Å². The summed E-state index contributed by atoms with van der Waals surface area (Å²) < 4.78 is 0. The summed E-state index contributed by atoms with van der Waals surface area (Å²) in [7, 11) is 0. The normalized spacial score (nSPS) is 10.7. The molecule has 0 spiro atoms. The number of benzene rings is 2. The zero-order valence-electron chi connectivity index (χ0n) is 13.8. The van der Waals surface area contributed by atoms with Crippen molar-refractivity contribution < 1.29 is 4.79 Å². The van der Waals surface area contributed by atoms with E-state index < -0.39 is 0 Å². The van der Waals surface area contributed by atoms with Crippen LogP contribution in [0.1, 0.15) is 36.5 Å². The van der Waals surface area contributed by atoms with Crippen molar-refractivity contribution in [2.75, 3.05) is 5.32 Å². The Kier molecular flexibility index (Phi) is 6.42. The maximum atomic E-state index is 11.9. The van der Waals surface area contributed by atoms with Gasteiger partial charge >= 0.3 is 6.03 Å². The predicted molar refractivity (Wildman–Crippen MR) is 97.4 cm³/mol. The fourth-order valence-corrected chi connectivity index (χ4v) is 2.28. The summed E-state index contributed by atoms with van der Waals surface area (Å²) in [4.78, 5) is 11.9. The molecule has 0 aliphatic carbocycles. The van der Waals surface area contributed by atoms with Gasteiger partial charge < -0.3 is 10.6 Å². The highest BCUT2D eigenvalue weighted by atomic mass is 16.2. The first-order chi connectivity index (χ1) is 11.2. The lowest BCUT2D eigenvalue weighted by molar-refractivity contribution is 0.255. The highest BCUT2D eigenvalue weighted by Gasteiger charge is 2.00. The molecule has 0 saturated carbocycles. The summed E-state index contributed by atoms with van der Waals surface area (Å²) in [5.74, 6) is 0. The van der Waals surface area contributed by atoms with Crippen LogP contribution in [-0.2, 0) is 6.42 Å². The van der Waals surface area contributed by atoms with E-state index in [0.29, 0.717) is 0 Å². The summed E-state index contributed by atoms with van der Waals surface area (Å²) in [6.45, 7) is 4.23. The molecule has 0 bridgehead atoms. The van der Waals surface area contributed by atoms with Crippen molar-refractivity contribution in [1.82, 2.24) is 5.32 Å². The van der Waals surface area contributed by atoms with Gasteiger partial charge in [-0.2, -0.15) is 0 Å². The maximum Gasteiger partial charge on any atom is 0.323 e. The minimum Gasteiger partial charge on any atom is -0.314 e. The Balaban J connectivity index is 1.84. The molecule has 0 unspecified atom stereocenters. The van der Waals surface area contributed by atoms with E-state index in [1.165, 1.54) is 24.0 Å². The quantitative estimate of drug-likeness (QED) is 0.763. The van der Waals surface area contributed by atoms with Crippen LogP contribution in [0.4, 0.5) is 10.5 Å². The first-order valence-corrected chi connectivity index (χ1v) is 8.07. The number of urea groups is 1. The maximum absolute atomic E-state index is 11.9. The molecule has 2 N–H and O–H groups in total. The van der Waals surface area contributed by atoms with Crippen LogP contribution >= 0.6 is 0 Å². The lowest BCUT2D eigenvalue weighted by Gasteiger charge is -2.06. The molecule has 0 fully saturated rings. The summed E-state index contributed by atoms with van der Waals surface area (Å²) in [6, 6.07) is 15.8. The Morgan fingerprint density at radius 3 is 2.52 bits per heavy atom. The van der Waals surface area contributed by atoms with Gasteiger partial charge in [-0.1, -0.05) is 49.7 Å². The van der Waals surface area contributed by atoms with Crippen molar-refractivity contribution in [2.24, 2.45) is 0 Å². The Labute approximate surface area is 138 Å². The molecule has 0 aliphatic heterocycles. The molecular formula is C20H24N2O. The molecule has 23 heavy (non-hydrogen) atoms. The second-order valence-corrected chi connectivity index (χ2v) is 5.59. The van der Waals surface area contributed by atoms with Crippen LogP contribution in [0.2, 0.25) is 0 Å². The van der Waals surface area contributed by atoms with Crippen molar-refractivity contribution in [3.8, 4) is 0 Å². The summed E-state index contributed by atoms with van der Waals surface area (Å²) >= 11 is 0. The molecule has 0 atom stereocenters. The number of carbonyl (C=O) groups excluding carboxylic acids is 1. The van der Waals surface area contributed by atoms with Crippen molar-refractivity contribution in [2.45, 2.75) is 33.1 Å². The van der Waals surface area contributed by atoms with E-state index in [1.54, 1.807) is 6.20 Å². The monoisotopic (exact) mass is 308 g/mol. The minimum absolute atomic E-state index is 0.240. The Bertz CT molecular complexity index is 660. The molecule has 0 radical (unpaired) electrons. The molecule has 2 aromatic rings. The SMILES string of the molecule is CCCCc1ccc(NC(=O)N/C=C/c2ccccc2C)cc1. The lowest BCUT2D eigenvalue weighted by atomic mass is 10.1. The van der Waals surface area contributed by atoms with E-state index in [2.05, 4.69) is 29.7 Å². The first-order valence-electron chi connectivity index (χ1n) is 8.07. The summed E-state index contributed by atoms with van der Waals surface area (Å²) in [5, 5.41) is 5.55. The van der Waals surface area contributed by atoms with E-state index in [9.17, 15) is 4.79 Å². The van der Waals surface area contributed by atoms with Gasteiger partial charge in [-0.05, 0) is 54.7 Å². The fraction of sp³-hybridized carbons (Fsp3) is 0.250. The molecule has 0 saturated heterocycles. The molecule has 2 rings (SSSR count). The number of anilines is 1. The van der Waals surface area contributed by atoms with Gasteiger partial charge in [0.1, 0.15) is 0 Å². The van der Waals surface area contributed by atoms with Crippen molar-refractivity contribution in [3.05, 3.63) is 71.4 Å². The van der Waals surface area contributed by atoms with Gasteiger partial charge in [0.05, 0.1) is 0 Å². The molecule has 120 valence electrons. The van der Waals surface area contributed by atoms with Gasteiger partial charge in [-0.3, -0.25) is 0 Å². The van der Waals surface area contributed by atoms with Gasteiger partial charge in [0.2, 0.25) is 0 Å². The van der Waals surface area contributed by atoms with Crippen LogP contribution in [0.3, 0.4) is 0 Å². The van der Waals surface area contributed by atoms with E-state index in [0.717, 1.165) is 17.7 Å². The van der Waals surface area contributed by atoms with Gasteiger partial charge in [0, 0.05) is 11.9 Å². The lowest BCUT2D eigenvalue weighted by Crippen LogP contribution is -2.23. The third kappa shape index (κ3) is 5.62. The Morgan fingerprint density at radius 1 is 1.09 bits per heavy atom. The molecule has 3 nitrogen and oxygen atoms in total. The number of nitrogens with one attached hydrogen (secondary N) is 2. The first kappa shape index (κ1) is 16.8. The van der Waals surface area contributed by atoms with Crippen molar-refractivity contribution in [3.63, 3.8) is 0 Å². The summed E-state index contributed by atoms with van der Waals surface area (Å²) in [6.07, 6.45) is 7.02. The molecule has 3 heteroatoms. The average Bonchev–Trinajstić information content (AvgIpc) is 2.56. The Hall–Kier alpha value is -2.55. The van der Waals surface area contributed by atoms with Crippen LogP contribution in [0.25, 0.3) is 6.08 Å². The number of unbranched alkanes of at least 4 members (excludes halogenated alkanes) is 1. The van der Waals surface area contributed by atoms with E-state index in [1.807, 2.05) is 49.4 Å². The van der Waals surface area contributed by atoms with E-state index in [-0.39, 0.29) is 6.03 Å². The van der Waals surface area contributed by atoms with Crippen LogP contribution in [0.5, 0.6) is 0 Å². The highest BCUT2D eigenvalue weighted by molar-refractivity contribution is 5.90. The number of amides is 2. The van der Waals surface area contributed by atoms with Crippen molar-refractivity contribution in [1.29, 1.82) is 0 Å². The molecule has 2 aromatic carbocycles. The highest BCUT2D eigenvalue weighted by Crippen LogP contribution is 2.12. The van der Waals surface area contributed by atoms with Gasteiger partial charge in [0.15, 0.2) is 0 Å². The number of rotatable bonds is 6. The molecular weight excluding hydrogens is 284 g/mol. The molecule has 0 aromatic heterocycles. The number of hydrogen-bond donors (Lipinski definition) is 2. The third-order valence-corrected chi connectivity index (χ3v) is 3.70. The van der Waals surface area contributed by atoms with Crippen LogP contribution in [-0.4, -0.2) is 6.03 Å². The third-order valence-electron chi connectivity index (χ3n) is 3.70. The van der Waals surface area contributed by atoms with Crippen LogP contribution in [0.15, 0.2) is 54.7 Å². The predicted octanol–water partition coefficient (Wildman–Crippen LogP) is 5.13. The van der Waals surface area contributed by atoms with Crippen molar-refractivity contribution >= 4 is 17.8 Å². The summed E-state index contributed by atoms with van der Waals surface area (Å²) in [5.41, 5.74) is 4.37. The second kappa shape index (κ2) is 8.79. The number of hydrogen-bond acceptors (Lipinski definition) is 1. The fourth-order valence-electron chi connectivity index (χ4n) is 2.28. The van der Waals surface area contributed by atoms with Crippen LogP contribution in [0, 0.1) is 6.92 Å². The largest absolute Gasteiger partial charge is 0.323 e. The minimum atomic E-state index is -0.240. The second-order valence-electron chi connectivity index (χ2n) is 5.59. The molecule has 0 heterocycles. The molecule has 2 amide bonds. The number of carbonyl (C=O) groups is 1. The van der Waals surface area contributed by atoms with Gasteiger partial charge in [0.25, 0.3) is 0 Å². The van der Waals surface area contributed by atoms with E-state index in [4.69, 9.17) is 0 Å². The standard InChI is InChI=1S/C20H24N2O/c1-3-4-8-17-10-12-19(13-11-17)22-20(23)21-15-14-18-9-6-5-7-16(18)2/h5-7,9-15H,3-4,8H2,1-2H3,(H2,21,22,23)/b15-14+. The van der Waals surface area contributed by atoms with Gasteiger partial charge in [-0.25, -0.2) is 4.79 Å². The number of aryl methyl sites for hydroxylation is 2. The molecule has 0 aliphatic rings. The van der Waals surface area contributed by atoms with E-state index >= 15 is 0 Å². The smallest absolute Gasteiger partial charge is 0.314 e. The topological polar surface area (TPSA) is 41.1 Å². The average molecular weight is 308 g/mol.